The Morgan fingerprint density at radius 1 is 1.33 bits per heavy atom. The lowest BCUT2D eigenvalue weighted by atomic mass is 9.97. The molecule has 0 fully saturated rings. The molecule has 1 aliphatic rings. The molecule has 0 amide bonds. The van der Waals surface area contributed by atoms with Crippen LogP contribution in [0.15, 0.2) is 42.1 Å². The van der Waals surface area contributed by atoms with Gasteiger partial charge in [0, 0.05) is 18.2 Å². The number of benzene rings is 1. The van der Waals surface area contributed by atoms with Gasteiger partial charge in [0.25, 0.3) is 0 Å². The van der Waals surface area contributed by atoms with Crippen molar-refractivity contribution in [3.8, 4) is 0 Å². The summed E-state index contributed by atoms with van der Waals surface area (Å²) in [5, 5.41) is 3.39. The fourth-order valence-electron chi connectivity index (χ4n) is 1.86. The third-order valence-corrected chi connectivity index (χ3v) is 2.68. The predicted molar refractivity (Wildman–Crippen MR) is 60.3 cm³/mol. The average molecular weight is 201 g/mol. The maximum atomic E-state index is 11.5. The standard InChI is InChI=1S/C13H15NO/c1-2-11-8-12(15)9-13(14-11)10-6-4-3-5-7-10/h3-8,13-14H,2,9H2,1H3/t13-/m1/s1. The summed E-state index contributed by atoms with van der Waals surface area (Å²) in [5.41, 5.74) is 2.23. The highest BCUT2D eigenvalue weighted by Crippen LogP contribution is 2.22. The van der Waals surface area contributed by atoms with Gasteiger partial charge in [0.1, 0.15) is 0 Å². The molecule has 1 aromatic rings. The number of nitrogens with one attached hydrogen (secondary N) is 1. The van der Waals surface area contributed by atoms with Crippen LogP contribution in [0.2, 0.25) is 0 Å². The van der Waals surface area contributed by atoms with E-state index in [0.717, 1.165) is 12.1 Å². The van der Waals surface area contributed by atoms with E-state index in [-0.39, 0.29) is 11.8 Å². The highest BCUT2D eigenvalue weighted by Gasteiger charge is 2.19. The van der Waals surface area contributed by atoms with Crippen LogP contribution in [0.4, 0.5) is 0 Å². The number of hydrogen-bond acceptors (Lipinski definition) is 2. The third-order valence-electron chi connectivity index (χ3n) is 2.68. The summed E-state index contributed by atoms with van der Waals surface area (Å²) in [6.07, 6.45) is 3.17. The second-order valence-electron chi connectivity index (χ2n) is 3.80. The summed E-state index contributed by atoms with van der Waals surface area (Å²) >= 11 is 0. The molecule has 15 heavy (non-hydrogen) atoms. The number of rotatable bonds is 2. The van der Waals surface area contributed by atoms with Gasteiger partial charge in [-0.25, -0.2) is 0 Å². The summed E-state index contributed by atoms with van der Waals surface area (Å²) in [5.74, 6) is 0.222. The van der Waals surface area contributed by atoms with Crippen molar-refractivity contribution in [3.63, 3.8) is 0 Å². The molecule has 0 aliphatic carbocycles. The molecule has 0 radical (unpaired) electrons. The number of allylic oxidation sites excluding steroid dienone is 2. The van der Waals surface area contributed by atoms with Gasteiger partial charge in [-0.15, -0.1) is 0 Å². The molecule has 1 aromatic carbocycles. The largest absolute Gasteiger partial charge is 0.381 e. The molecule has 0 saturated carbocycles. The smallest absolute Gasteiger partial charge is 0.159 e. The zero-order valence-electron chi connectivity index (χ0n) is 8.86. The predicted octanol–water partition coefficient (Wildman–Crippen LogP) is 2.58. The first kappa shape index (κ1) is 9.97. The average Bonchev–Trinajstić information content (AvgIpc) is 2.29. The normalized spacial score (nSPS) is 20.7. The Kier molecular flexibility index (Phi) is 2.86. The lowest BCUT2D eigenvalue weighted by Crippen LogP contribution is -2.27. The molecular formula is C13H15NO. The number of carbonyl (C=O) groups excluding carboxylic acids is 1. The van der Waals surface area contributed by atoms with E-state index in [2.05, 4.69) is 24.4 Å². The van der Waals surface area contributed by atoms with E-state index in [1.54, 1.807) is 6.08 Å². The highest BCUT2D eigenvalue weighted by atomic mass is 16.1. The Morgan fingerprint density at radius 2 is 2.07 bits per heavy atom. The Hall–Kier alpha value is -1.57. The van der Waals surface area contributed by atoms with E-state index >= 15 is 0 Å². The fourth-order valence-corrected chi connectivity index (χ4v) is 1.86. The Balaban J connectivity index is 2.20. The van der Waals surface area contributed by atoms with Crippen molar-refractivity contribution in [2.75, 3.05) is 0 Å². The van der Waals surface area contributed by atoms with Crippen LogP contribution >= 0.6 is 0 Å². The molecule has 1 atom stereocenters. The minimum absolute atomic E-state index is 0.152. The zero-order valence-corrected chi connectivity index (χ0v) is 8.86. The maximum absolute atomic E-state index is 11.5. The van der Waals surface area contributed by atoms with Crippen molar-refractivity contribution in [1.29, 1.82) is 0 Å². The van der Waals surface area contributed by atoms with Crippen molar-refractivity contribution < 1.29 is 4.79 Å². The van der Waals surface area contributed by atoms with Crippen LogP contribution in [-0.4, -0.2) is 5.78 Å². The van der Waals surface area contributed by atoms with Crippen LogP contribution in [0.1, 0.15) is 31.4 Å². The lowest BCUT2D eigenvalue weighted by Gasteiger charge is -2.24. The van der Waals surface area contributed by atoms with Gasteiger partial charge in [-0.3, -0.25) is 4.79 Å². The van der Waals surface area contributed by atoms with Gasteiger partial charge < -0.3 is 5.32 Å². The van der Waals surface area contributed by atoms with Gasteiger partial charge in [-0.1, -0.05) is 37.3 Å². The molecule has 2 nitrogen and oxygen atoms in total. The van der Waals surface area contributed by atoms with E-state index in [9.17, 15) is 4.79 Å². The van der Waals surface area contributed by atoms with Crippen LogP contribution in [0.25, 0.3) is 0 Å². The van der Waals surface area contributed by atoms with Gasteiger partial charge in [0.15, 0.2) is 5.78 Å². The summed E-state index contributed by atoms with van der Waals surface area (Å²) in [4.78, 5) is 11.5. The summed E-state index contributed by atoms with van der Waals surface area (Å²) in [7, 11) is 0. The molecule has 1 aliphatic heterocycles. The number of hydrogen-bond donors (Lipinski definition) is 1. The van der Waals surface area contributed by atoms with Crippen LogP contribution in [-0.2, 0) is 4.79 Å². The lowest BCUT2D eigenvalue weighted by molar-refractivity contribution is -0.115. The first-order valence-electron chi connectivity index (χ1n) is 5.34. The Morgan fingerprint density at radius 3 is 2.73 bits per heavy atom. The maximum Gasteiger partial charge on any atom is 0.159 e. The number of carbonyl (C=O) groups is 1. The monoisotopic (exact) mass is 201 g/mol. The van der Waals surface area contributed by atoms with E-state index < -0.39 is 0 Å². The first-order chi connectivity index (χ1) is 7.29. The molecule has 2 rings (SSSR count). The molecule has 0 bridgehead atoms. The minimum atomic E-state index is 0.152. The molecule has 0 saturated heterocycles. The minimum Gasteiger partial charge on any atom is -0.381 e. The van der Waals surface area contributed by atoms with Crippen LogP contribution in [0.3, 0.4) is 0 Å². The topological polar surface area (TPSA) is 29.1 Å². The molecule has 1 heterocycles. The van der Waals surface area contributed by atoms with Crippen LogP contribution < -0.4 is 5.32 Å². The molecule has 0 spiro atoms. The van der Waals surface area contributed by atoms with Crippen molar-refractivity contribution in [2.24, 2.45) is 0 Å². The van der Waals surface area contributed by atoms with Gasteiger partial charge in [-0.2, -0.15) is 0 Å². The highest BCUT2D eigenvalue weighted by molar-refractivity contribution is 5.91. The quantitative estimate of drug-likeness (QED) is 0.796. The zero-order chi connectivity index (χ0) is 10.7. The van der Waals surface area contributed by atoms with Gasteiger partial charge in [0.2, 0.25) is 0 Å². The summed E-state index contributed by atoms with van der Waals surface area (Å²) in [6, 6.07) is 10.3. The molecule has 2 heteroatoms. The van der Waals surface area contributed by atoms with Crippen molar-refractivity contribution >= 4 is 5.78 Å². The second kappa shape index (κ2) is 4.30. The number of ketones is 1. The fraction of sp³-hybridized carbons (Fsp3) is 0.308. The third kappa shape index (κ3) is 2.27. The molecule has 0 aromatic heterocycles. The second-order valence-corrected chi connectivity index (χ2v) is 3.80. The Labute approximate surface area is 90.0 Å². The van der Waals surface area contributed by atoms with Crippen molar-refractivity contribution in [1.82, 2.24) is 5.32 Å². The molecular weight excluding hydrogens is 186 g/mol. The van der Waals surface area contributed by atoms with E-state index in [1.165, 1.54) is 5.56 Å². The molecule has 78 valence electrons. The first-order valence-corrected chi connectivity index (χ1v) is 5.34. The van der Waals surface area contributed by atoms with Gasteiger partial charge >= 0.3 is 0 Å². The Bertz CT molecular complexity index is 381. The van der Waals surface area contributed by atoms with Gasteiger partial charge in [-0.05, 0) is 12.0 Å². The molecule has 0 unspecified atom stereocenters. The summed E-state index contributed by atoms with van der Waals surface area (Å²) in [6.45, 7) is 2.06. The van der Waals surface area contributed by atoms with E-state index in [0.29, 0.717) is 6.42 Å². The summed E-state index contributed by atoms with van der Waals surface area (Å²) < 4.78 is 0. The van der Waals surface area contributed by atoms with E-state index in [1.807, 2.05) is 18.2 Å². The van der Waals surface area contributed by atoms with Crippen LogP contribution in [0, 0.1) is 0 Å². The van der Waals surface area contributed by atoms with E-state index in [4.69, 9.17) is 0 Å². The van der Waals surface area contributed by atoms with Crippen molar-refractivity contribution in [2.45, 2.75) is 25.8 Å². The molecule has 1 N–H and O–H groups in total. The van der Waals surface area contributed by atoms with Crippen LogP contribution in [0.5, 0.6) is 0 Å². The SMILES string of the molecule is CCC1=CC(=O)C[C@H](c2ccccc2)N1. The van der Waals surface area contributed by atoms with Gasteiger partial charge in [0.05, 0.1) is 6.04 Å². The van der Waals surface area contributed by atoms with Crippen molar-refractivity contribution in [3.05, 3.63) is 47.7 Å².